The van der Waals surface area contributed by atoms with Gasteiger partial charge in [0.05, 0.1) is 18.9 Å². The number of benzene rings is 1. The number of rotatable bonds is 6. The lowest BCUT2D eigenvalue weighted by Crippen LogP contribution is -2.53. The summed E-state index contributed by atoms with van der Waals surface area (Å²) in [6.45, 7) is 5.12. The Kier molecular flexibility index (Phi) is 4.83. The van der Waals surface area contributed by atoms with Crippen molar-refractivity contribution in [3.05, 3.63) is 29.8 Å². The molecule has 2 rings (SSSR count). The van der Waals surface area contributed by atoms with Gasteiger partial charge in [0.1, 0.15) is 5.75 Å². The van der Waals surface area contributed by atoms with Gasteiger partial charge < -0.3 is 14.7 Å². The number of amides is 1. The fourth-order valence-corrected chi connectivity index (χ4v) is 2.28. The summed E-state index contributed by atoms with van der Waals surface area (Å²) in [5.41, 5.74) is 1.16. The molecule has 0 aromatic heterocycles. The Morgan fingerprint density at radius 2 is 1.95 bits per heavy atom. The highest BCUT2D eigenvalue weighted by Gasteiger charge is 2.36. The first-order valence-electron chi connectivity index (χ1n) is 7.17. The molecule has 1 aliphatic heterocycles. The van der Waals surface area contributed by atoms with Crippen LogP contribution in [0.1, 0.15) is 18.9 Å². The quantitative estimate of drug-likeness (QED) is 0.870. The molecule has 1 atom stereocenters. The molecule has 0 radical (unpaired) electrons. The number of hydrogen-bond acceptors (Lipinski definition) is 3. The lowest BCUT2D eigenvalue weighted by molar-refractivity contribution is -0.150. The minimum absolute atomic E-state index is 0.0240. The van der Waals surface area contributed by atoms with E-state index in [0.29, 0.717) is 26.1 Å². The van der Waals surface area contributed by atoms with Crippen LogP contribution in [0, 0.1) is 18.8 Å². The molecule has 1 amide bonds. The number of carboxylic acid groups (broad SMARTS) is 1. The van der Waals surface area contributed by atoms with Gasteiger partial charge in [-0.3, -0.25) is 9.59 Å². The van der Waals surface area contributed by atoms with Crippen LogP contribution in [0.15, 0.2) is 24.3 Å². The third kappa shape index (κ3) is 3.97. The maximum absolute atomic E-state index is 11.9. The second kappa shape index (κ2) is 6.61. The van der Waals surface area contributed by atoms with Gasteiger partial charge in [-0.25, -0.2) is 0 Å². The Morgan fingerprint density at radius 1 is 1.33 bits per heavy atom. The highest BCUT2D eigenvalue weighted by atomic mass is 16.5. The number of carboxylic acids is 1. The number of aliphatic carboxylic acids is 1. The first kappa shape index (κ1) is 15.4. The van der Waals surface area contributed by atoms with Crippen LogP contribution in [0.25, 0.3) is 0 Å². The molecule has 1 N–H and O–H groups in total. The number of nitrogens with zero attached hydrogens (tertiary/aromatic N) is 1. The zero-order chi connectivity index (χ0) is 15.4. The summed E-state index contributed by atoms with van der Waals surface area (Å²) in [6, 6.07) is 7.69. The van der Waals surface area contributed by atoms with Gasteiger partial charge in [0, 0.05) is 19.0 Å². The fraction of sp³-hybridized carbons (Fsp3) is 0.500. The third-order valence-electron chi connectivity index (χ3n) is 3.96. The molecule has 5 nitrogen and oxygen atoms in total. The summed E-state index contributed by atoms with van der Waals surface area (Å²) in [5, 5.41) is 8.91. The minimum atomic E-state index is -0.796. The van der Waals surface area contributed by atoms with E-state index in [0.717, 1.165) is 11.3 Å². The molecule has 1 fully saturated rings. The Bertz CT molecular complexity index is 506. The van der Waals surface area contributed by atoms with E-state index in [4.69, 9.17) is 9.84 Å². The van der Waals surface area contributed by atoms with Gasteiger partial charge in [0.15, 0.2) is 0 Å². The van der Waals surface area contributed by atoms with Crippen molar-refractivity contribution in [2.45, 2.75) is 20.3 Å². The predicted octanol–water partition coefficient (Wildman–Crippen LogP) is 1.94. The molecule has 1 heterocycles. The summed E-state index contributed by atoms with van der Waals surface area (Å²) >= 11 is 0. The van der Waals surface area contributed by atoms with Crippen molar-refractivity contribution >= 4 is 11.9 Å². The first-order chi connectivity index (χ1) is 9.97. The average molecular weight is 291 g/mol. The summed E-state index contributed by atoms with van der Waals surface area (Å²) < 4.78 is 5.52. The predicted molar refractivity (Wildman–Crippen MR) is 78.2 cm³/mol. The summed E-state index contributed by atoms with van der Waals surface area (Å²) in [6.07, 6.45) is 0.321. The molecule has 5 heteroatoms. The van der Waals surface area contributed by atoms with Crippen molar-refractivity contribution in [3.8, 4) is 5.75 Å². The minimum Gasteiger partial charge on any atom is -0.493 e. The van der Waals surface area contributed by atoms with Gasteiger partial charge in [-0.15, -0.1) is 0 Å². The zero-order valence-corrected chi connectivity index (χ0v) is 12.4. The number of carbonyl (C=O) groups is 2. The van der Waals surface area contributed by atoms with Gasteiger partial charge in [-0.2, -0.15) is 0 Å². The molecule has 114 valence electrons. The second-order valence-corrected chi connectivity index (χ2v) is 5.60. The molecule has 1 aromatic rings. The van der Waals surface area contributed by atoms with E-state index in [1.54, 1.807) is 11.8 Å². The van der Waals surface area contributed by atoms with E-state index in [-0.39, 0.29) is 11.8 Å². The summed E-state index contributed by atoms with van der Waals surface area (Å²) in [7, 11) is 0. The fourth-order valence-electron chi connectivity index (χ4n) is 2.28. The Labute approximate surface area is 124 Å². The van der Waals surface area contributed by atoms with Crippen molar-refractivity contribution in [2.75, 3.05) is 19.7 Å². The Hall–Kier alpha value is -2.04. The van der Waals surface area contributed by atoms with Crippen LogP contribution in [0.4, 0.5) is 0 Å². The standard InChI is InChI=1S/C16H21NO4/c1-11-3-5-14(6-4-11)21-8-7-15(18)17-9-13(10-17)12(2)16(19)20/h3-6,12-13H,7-10H2,1-2H3,(H,19,20). The number of carbonyl (C=O) groups excluding carboxylic acids is 1. The van der Waals surface area contributed by atoms with E-state index in [2.05, 4.69) is 0 Å². The lowest BCUT2D eigenvalue weighted by atomic mass is 9.87. The summed E-state index contributed by atoms with van der Waals surface area (Å²) in [5.74, 6) is -0.331. The molecule has 0 spiro atoms. The number of ether oxygens (including phenoxy) is 1. The lowest BCUT2D eigenvalue weighted by Gasteiger charge is -2.41. The topological polar surface area (TPSA) is 66.8 Å². The molecule has 1 saturated heterocycles. The smallest absolute Gasteiger partial charge is 0.306 e. The van der Waals surface area contributed by atoms with Crippen molar-refractivity contribution in [1.82, 2.24) is 4.90 Å². The van der Waals surface area contributed by atoms with Crippen molar-refractivity contribution < 1.29 is 19.4 Å². The van der Waals surface area contributed by atoms with E-state index < -0.39 is 11.9 Å². The van der Waals surface area contributed by atoms with Crippen molar-refractivity contribution in [3.63, 3.8) is 0 Å². The van der Waals surface area contributed by atoms with Gasteiger partial charge in [-0.05, 0) is 19.1 Å². The first-order valence-corrected chi connectivity index (χ1v) is 7.17. The van der Waals surface area contributed by atoms with Crippen molar-refractivity contribution in [1.29, 1.82) is 0 Å². The third-order valence-corrected chi connectivity index (χ3v) is 3.96. The highest BCUT2D eigenvalue weighted by Crippen LogP contribution is 2.24. The maximum atomic E-state index is 11.9. The molecule has 1 aliphatic rings. The van der Waals surface area contributed by atoms with Gasteiger partial charge in [0.25, 0.3) is 0 Å². The molecule has 0 saturated carbocycles. The second-order valence-electron chi connectivity index (χ2n) is 5.60. The Balaban J connectivity index is 1.67. The molecule has 1 aromatic carbocycles. The van der Waals surface area contributed by atoms with E-state index in [9.17, 15) is 9.59 Å². The van der Waals surface area contributed by atoms with Gasteiger partial charge >= 0.3 is 5.97 Å². The molecule has 21 heavy (non-hydrogen) atoms. The zero-order valence-electron chi connectivity index (χ0n) is 12.4. The van der Waals surface area contributed by atoms with Crippen LogP contribution in [0.2, 0.25) is 0 Å². The van der Waals surface area contributed by atoms with Crippen LogP contribution < -0.4 is 4.74 Å². The Morgan fingerprint density at radius 3 is 2.52 bits per heavy atom. The highest BCUT2D eigenvalue weighted by molar-refractivity contribution is 5.78. The van der Waals surface area contributed by atoms with E-state index >= 15 is 0 Å². The van der Waals surface area contributed by atoms with Crippen LogP contribution in [0.5, 0.6) is 5.75 Å². The van der Waals surface area contributed by atoms with Crippen LogP contribution in [0.3, 0.4) is 0 Å². The number of hydrogen-bond donors (Lipinski definition) is 1. The molecule has 1 unspecified atom stereocenters. The van der Waals surface area contributed by atoms with Gasteiger partial charge in [0.2, 0.25) is 5.91 Å². The largest absolute Gasteiger partial charge is 0.493 e. The monoisotopic (exact) mass is 291 g/mol. The van der Waals surface area contributed by atoms with Crippen LogP contribution in [-0.2, 0) is 9.59 Å². The van der Waals surface area contributed by atoms with E-state index in [1.807, 2.05) is 31.2 Å². The molecule has 0 bridgehead atoms. The maximum Gasteiger partial charge on any atom is 0.306 e. The number of aryl methyl sites for hydroxylation is 1. The SMILES string of the molecule is Cc1ccc(OCCC(=O)N2CC(C(C)C(=O)O)C2)cc1. The average Bonchev–Trinajstić information content (AvgIpc) is 2.39. The van der Waals surface area contributed by atoms with Gasteiger partial charge in [-0.1, -0.05) is 24.6 Å². The number of likely N-dealkylation sites (tertiary alicyclic amines) is 1. The normalized spacial score (nSPS) is 16.2. The molecular weight excluding hydrogens is 270 g/mol. The van der Waals surface area contributed by atoms with Crippen LogP contribution in [-0.4, -0.2) is 41.6 Å². The van der Waals surface area contributed by atoms with E-state index in [1.165, 1.54) is 0 Å². The van der Waals surface area contributed by atoms with Crippen LogP contribution >= 0.6 is 0 Å². The summed E-state index contributed by atoms with van der Waals surface area (Å²) in [4.78, 5) is 24.4. The molecular formula is C16H21NO4. The molecule has 0 aliphatic carbocycles. The van der Waals surface area contributed by atoms with Crippen molar-refractivity contribution in [2.24, 2.45) is 11.8 Å².